The maximum absolute atomic E-state index is 9.19. The van der Waals surface area contributed by atoms with Gasteiger partial charge in [-0.05, 0) is 76.3 Å². The molecule has 346 valence electrons. The van der Waals surface area contributed by atoms with Gasteiger partial charge in [-0.25, -0.2) is 0 Å². The Morgan fingerprint density at radius 1 is 0.694 bits per heavy atom. The summed E-state index contributed by atoms with van der Waals surface area (Å²) in [7, 11) is 4.20. The molecule has 0 bridgehead atoms. The Morgan fingerprint density at radius 3 is 2.10 bits per heavy atom. The van der Waals surface area contributed by atoms with Crippen molar-refractivity contribution >= 4 is 81.4 Å². The third-order valence-electron chi connectivity index (χ3n) is 12.3. The molecule has 0 spiro atoms. The van der Waals surface area contributed by atoms with Gasteiger partial charge in [0.1, 0.15) is 5.88 Å². The van der Waals surface area contributed by atoms with Crippen molar-refractivity contribution in [1.29, 1.82) is 0 Å². The summed E-state index contributed by atoms with van der Waals surface area (Å²) in [5.41, 5.74) is 9.66. The van der Waals surface area contributed by atoms with E-state index >= 15 is 0 Å². The molecule has 72 heavy (non-hydrogen) atoms. The van der Waals surface area contributed by atoms with E-state index in [0.717, 1.165) is 44.7 Å². The number of fused-ring (bicyclic) bond motifs is 5. The Morgan fingerprint density at radius 2 is 1.36 bits per heavy atom. The van der Waals surface area contributed by atoms with Crippen molar-refractivity contribution in [3.8, 4) is 22.9 Å². The van der Waals surface area contributed by atoms with Crippen molar-refractivity contribution in [2.45, 2.75) is 6.29 Å². The summed E-state index contributed by atoms with van der Waals surface area (Å²) in [6.07, 6.45) is 22.2. The van der Waals surface area contributed by atoms with Crippen LogP contribution in [0, 0.1) is 18.8 Å². The Kier molecular flexibility index (Phi) is 10.9. The van der Waals surface area contributed by atoms with Crippen LogP contribution < -0.4 is 30.1 Å². The third kappa shape index (κ3) is 8.88. The van der Waals surface area contributed by atoms with E-state index < -0.39 is 25.4 Å². The second kappa shape index (κ2) is 20.5. The zero-order valence-corrected chi connectivity index (χ0v) is 40.5. The Bertz CT molecular complexity index is 3880. The number of hydrogen-bond acceptors (Lipinski definition) is 7. The Hall–Kier alpha value is -8.39. The van der Waals surface area contributed by atoms with Crippen LogP contribution in [0.2, 0.25) is 0 Å². The number of nitrogens with one attached hydrogen (secondary N) is 2. The fourth-order valence-electron chi connectivity index (χ4n) is 9.10. The second-order valence-corrected chi connectivity index (χ2v) is 16.6. The van der Waals surface area contributed by atoms with Gasteiger partial charge in [-0.3, -0.25) is 4.98 Å². The van der Waals surface area contributed by atoms with Gasteiger partial charge in [0.15, 0.2) is 14.6 Å². The topological polar surface area (TPSA) is 74.9 Å². The van der Waals surface area contributed by atoms with Crippen molar-refractivity contribution in [1.82, 2.24) is 20.2 Å². The van der Waals surface area contributed by atoms with Gasteiger partial charge in [0, 0.05) is 76.2 Å². The van der Waals surface area contributed by atoms with E-state index in [0.29, 0.717) is 28.1 Å². The van der Waals surface area contributed by atoms with E-state index in [1.165, 1.54) is 9.47 Å². The number of pyridine rings is 1. The average molecular weight is 1120 g/mol. The Balaban J connectivity index is 0.00000660. The van der Waals surface area contributed by atoms with Crippen molar-refractivity contribution in [3.05, 3.63) is 260 Å². The Labute approximate surface area is 445 Å². The van der Waals surface area contributed by atoms with E-state index in [9.17, 15) is 1.37 Å². The molecule has 6 heterocycles. The summed E-state index contributed by atoms with van der Waals surface area (Å²) in [5, 5.41) is 11.9. The van der Waals surface area contributed by atoms with Gasteiger partial charge in [0.2, 0.25) is 0 Å². The van der Waals surface area contributed by atoms with Gasteiger partial charge in [-0.1, -0.05) is 138 Å². The maximum Gasteiger partial charge on any atom is 4.00 e. The number of hydrogen-bond donors (Lipinski definition) is 2. The molecule has 1 unspecified atom stereocenters. The summed E-state index contributed by atoms with van der Waals surface area (Å²) in [6.45, 7) is -0.652. The fourth-order valence-corrected chi connectivity index (χ4v) is 9.10. The molecule has 0 saturated heterocycles. The van der Waals surface area contributed by atoms with E-state index in [1.807, 2.05) is 122 Å². The normalized spacial score (nSPS) is 21.5. The molecule has 6 aromatic carbocycles. The molecule has 1 atom stereocenters. The average Bonchev–Trinajstić information content (AvgIpc) is 3.73. The van der Waals surface area contributed by atoms with Crippen LogP contribution in [0.15, 0.2) is 225 Å². The molecule has 0 aliphatic carbocycles. The van der Waals surface area contributed by atoms with Crippen LogP contribution in [-0.2, 0) is 21.1 Å². The van der Waals surface area contributed by atoms with Crippen LogP contribution in [0.1, 0.15) is 27.0 Å². The van der Waals surface area contributed by atoms with Gasteiger partial charge in [-0.15, -0.1) is 41.8 Å². The van der Waals surface area contributed by atoms with Crippen LogP contribution in [0.3, 0.4) is 0 Å². The molecule has 4 aliphatic rings. The standard InChI is InChI=1S/C60H44B2N8O.Pt/c1-67-54-27-8-6-25-51(54)66-60(67)70-53-26-7-5-20-45(53)46-31-30-44(40-57(46)70)71-58-39-43(38-52(65-58)42-18-3-2-4-19-42)68-41-69(56-29-10-9-28-55(56)68)59-47(49-23-16-36-63-34-13-11-32-61-49)21-15-22-48(59)50-24-17-37-64-35-14-12-33-62-50;/h2-38,41,60,63-64H,1H3;/q-4;+4/b32-11-,33-12-,34-13-,35-14-,36-16-,37-17-,49-23-,50-24-;/i1D3,5D,7D,20D,26D;. The molecule has 0 saturated carbocycles. The quantitative estimate of drug-likeness (QED) is 0.116. The SMILES string of the molecule is [2H]c1c([2H])c([2H])c2c(c1[2H])c1ccc(Oc3[c-]c(N4[CH-]N(c5c(/C6=C/C=C\N/C=C\C=C/[B]6)cccc5/C5=C/C=C\N/C=C\C=C/[B]5)c5ccccc54)cc(-c4ccccc4)n3)[c-]c1n2C1[N-]c2ccccc2N1C([2H])([2H])[2H].[Pt+4]. The second-order valence-electron chi connectivity index (χ2n) is 16.6. The minimum absolute atomic E-state index is 0. The summed E-state index contributed by atoms with van der Waals surface area (Å²) >= 11 is 0. The molecular formula is C60H44B2N8OPt. The van der Waals surface area contributed by atoms with E-state index in [4.69, 9.17) is 23.3 Å². The largest absolute Gasteiger partial charge is 4.00 e. The van der Waals surface area contributed by atoms with Crippen LogP contribution in [0.5, 0.6) is 11.6 Å². The van der Waals surface area contributed by atoms with Crippen LogP contribution in [0.25, 0.3) is 49.3 Å². The zero-order valence-electron chi connectivity index (χ0n) is 45.3. The molecule has 8 aromatic rings. The predicted octanol–water partition coefficient (Wildman–Crippen LogP) is 13.6. The number of allylic oxidation sites excluding steroid dienone is 8. The minimum Gasteiger partial charge on any atom is -0.646 e. The number of benzene rings is 6. The molecule has 0 fully saturated rings. The van der Waals surface area contributed by atoms with Crippen LogP contribution >= 0.6 is 0 Å². The van der Waals surface area contributed by atoms with Gasteiger partial charge >= 0.3 is 21.1 Å². The van der Waals surface area contributed by atoms with Crippen molar-refractivity contribution in [3.63, 3.8) is 0 Å². The smallest absolute Gasteiger partial charge is 0.646 e. The molecular weight excluding hydrogens is 1070 g/mol. The maximum atomic E-state index is 9.19. The van der Waals surface area contributed by atoms with Crippen molar-refractivity contribution < 1.29 is 35.4 Å². The van der Waals surface area contributed by atoms with Gasteiger partial charge in [0.05, 0.1) is 5.48 Å². The number of ether oxygens (including phenoxy) is 1. The molecule has 2 radical (unpaired) electrons. The monoisotopic (exact) mass is 1120 g/mol. The predicted molar refractivity (Wildman–Crippen MR) is 294 cm³/mol. The first-order valence-corrected chi connectivity index (χ1v) is 23.0. The van der Waals surface area contributed by atoms with Gasteiger partial charge in [0.25, 0.3) is 0 Å². The first-order chi connectivity index (χ1) is 38.0. The first kappa shape index (κ1) is 38.4. The molecule has 2 N–H and O–H groups in total. The summed E-state index contributed by atoms with van der Waals surface area (Å²) in [5.74, 6) is 4.30. The van der Waals surface area contributed by atoms with E-state index in [-0.39, 0.29) is 61.2 Å². The van der Waals surface area contributed by atoms with Gasteiger partial charge in [-0.2, -0.15) is 23.9 Å². The summed E-state index contributed by atoms with van der Waals surface area (Å²) in [6, 6.07) is 41.7. The molecule has 12 rings (SSSR count). The zero-order chi connectivity index (χ0) is 53.5. The first-order valence-electron chi connectivity index (χ1n) is 26.5. The molecule has 0 amide bonds. The summed E-state index contributed by atoms with van der Waals surface area (Å²) < 4.78 is 69.9. The molecule has 9 nitrogen and oxygen atoms in total. The van der Waals surface area contributed by atoms with Crippen LogP contribution in [0.4, 0.5) is 34.1 Å². The number of aromatic nitrogens is 2. The van der Waals surface area contributed by atoms with Gasteiger partial charge < -0.3 is 40.0 Å². The third-order valence-corrected chi connectivity index (χ3v) is 12.3. The van der Waals surface area contributed by atoms with Crippen LogP contribution in [-0.4, -0.2) is 31.1 Å². The van der Waals surface area contributed by atoms with E-state index in [1.54, 1.807) is 36.4 Å². The molecule has 4 aliphatic heterocycles. The number of rotatable bonds is 8. The van der Waals surface area contributed by atoms with E-state index in [2.05, 4.69) is 96.3 Å². The molecule has 2 aromatic heterocycles. The number of anilines is 5. The fraction of sp³-hybridized carbons (Fsp3) is 0.0333. The van der Waals surface area contributed by atoms with Crippen molar-refractivity contribution in [2.24, 2.45) is 0 Å². The molecule has 12 heteroatoms. The minimum atomic E-state index is -2.71. The summed E-state index contributed by atoms with van der Waals surface area (Å²) in [4.78, 5) is 10.5. The number of para-hydroxylation sites is 6. The number of nitrogens with zero attached hydrogens (tertiary/aromatic N) is 6. The van der Waals surface area contributed by atoms with Crippen molar-refractivity contribution in [2.75, 3.05) is 21.7 Å².